The summed E-state index contributed by atoms with van der Waals surface area (Å²) in [4.78, 5) is 3.99. The molecule has 6 heteroatoms. The van der Waals surface area contributed by atoms with Gasteiger partial charge in [0.25, 0.3) is 0 Å². The Kier molecular flexibility index (Phi) is 1.66. The molecule has 2 aromatic heterocycles. The quantitative estimate of drug-likeness (QED) is 0.645. The molecule has 0 unspecified atom stereocenters. The van der Waals surface area contributed by atoms with E-state index in [1.807, 2.05) is 6.92 Å². The smallest absolute Gasteiger partial charge is 0.216 e. The minimum absolute atomic E-state index is 0.297. The summed E-state index contributed by atoms with van der Waals surface area (Å²) < 4.78 is 0. The molecule has 0 fully saturated rings. The maximum Gasteiger partial charge on any atom is 0.216 e. The maximum absolute atomic E-state index is 5.40. The number of hydrogen-bond donors (Lipinski definition) is 2. The maximum atomic E-state index is 5.40. The van der Waals surface area contributed by atoms with Crippen molar-refractivity contribution in [1.82, 2.24) is 25.4 Å². The minimum Gasteiger partial charge on any atom is -0.368 e. The van der Waals surface area contributed by atoms with Crippen LogP contribution >= 0.6 is 0 Å². The van der Waals surface area contributed by atoms with Gasteiger partial charge in [0.05, 0.1) is 12.4 Å². The lowest BCUT2D eigenvalue weighted by atomic mass is 10.2. The molecule has 3 N–H and O–H groups in total. The van der Waals surface area contributed by atoms with E-state index < -0.39 is 0 Å². The molecule has 0 saturated carbocycles. The topological polar surface area (TPSA) is 93.4 Å². The molecule has 0 bridgehead atoms. The molecule has 0 aliphatic rings. The molecule has 2 rings (SSSR count). The Labute approximate surface area is 74.2 Å². The van der Waals surface area contributed by atoms with Crippen LogP contribution in [-0.2, 0) is 0 Å². The van der Waals surface area contributed by atoms with Crippen molar-refractivity contribution in [2.75, 3.05) is 5.73 Å². The predicted octanol–water partition coefficient (Wildman–Crippen LogP) is 0.152. The number of hydrogen-bond acceptors (Lipinski definition) is 5. The molecule has 6 nitrogen and oxygen atoms in total. The molecule has 0 aliphatic carbocycles. The van der Waals surface area contributed by atoms with E-state index in [9.17, 15) is 0 Å². The Morgan fingerprint density at radius 3 is 2.69 bits per heavy atom. The molecular formula is C7H8N6. The summed E-state index contributed by atoms with van der Waals surface area (Å²) in [6.45, 7) is 1.91. The van der Waals surface area contributed by atoms with Crippen LogP contribution in [0.15, 0.2) is 12.4 Å². The zero-order chi connectivity index (χ0) is 9.26. The van der Waals surface area contributed by atoms with Crippen LogP contribution in [0.1, 0.15) is 5.56 Å². The number of aryl methyl sites for hydroxylation is 1. The van der Waals surface area contributed by atoms with Gasteiger partial charge in [0.2, 0.25) is 5.95 Å². The molecule has 2 aromatic rings. The molecular weight excluding hydrogens is 168 g/mol. The van der Waals surface area contributed by atoms with Crippen LogP contribution in [0.3, 0.4) is 0 Å². The van der Waals surface area contributed by atoms with E-state index in [4.69, 9.17) is 5.73 Å². The number of nitrogens with two attached hydrogens (primary N) is 1. The molecule has 66 valence electrons. The number of nitrogens with one attached hydrogen (secondary N) is 1. The Morgan fingerprint density at radius 1 is 1.31 bits per heavy atom. The third-order valence-electron chi connectivity index (χ3n) is 1.67. The highest BCUT2D eigenvalue weighted by Crippen LogP contribution is 2.16. The van der Waals surface area contributed by atoms with Crippen LogP contribution in [-0.4, -0.2) is 25.4 Å². The average Bonchev–Trinajstić information content (AvgIpc) is 2.53. The van der Waals surface area contributed by atoms with Gasteiger partial charge < -0.3 is 5.73 Å². The SMILES string of the molecule is Cc1cnncc1-c1n[nH]c(N)n1. The fraction of sp³-hybridized carbons (Fsp3) is 0.143. The second-order valence-electron chi connectivity index (χ2n) is 2.63. The highest BCUT2D eigenvalue weighted by Gasteiger charge is 2.06. The molecule has 0 atom stereocenters. The summed E-state index contributed by atoms with van der Waals surface area (Å²) in [6.07, 6.45) is 3.26. The van der Waals surface area contributed by atoms with Crippen LogP contribution in [0, 0.1) is 6.92 Å². The molecule has 2 heterocycles. The zero-order valence-corrected chi connectivity index (χ0v) is 7.02. The van der Waals surface area contributed by atoms with Gasteiger partial charge in [-0.15, -0.1) is 0 Å². The molecule has 13 heavy (non-hydrogen) atoms. The van der Waals surface area contributed by atoms with Gasteiger partial charge in [-0.1, -0.05) is 0 Å². The van der Waals surface area contributed by atoms with Crippen molar-refractivity contribution in [2.45, 2.75) is 6.92 Å². The molecule has 0 aliphatic heterocycles. The van der Waals surface area contributed by atoms with Gasteiger partial charge in [0.1, 0.15) is 0 Å². The van der Waals surface area contributed by atoms with Crippen molar-refractivity contribution in [2.24, 2.45) is 0 Å². The largest absolute Gasteiger partial charge is 0.368 e. The van der Waals surface area contributed by atoms with E-state index in [1.54, 1.807) is 12.4 Å². The van der Waals surface area contributed by atoms with Crippen LogP contribution < -0.4 is 5.73 Å². The lowest BCUT2D eigenvalue weighted by Gasteiger charge is -1.96. The first-order valence-corrected chi connectivity index (χ1v) is 3.73. The summed E-state index contributed by atoms with van der Waals surface area (Å²) in [5.41, 5.74) is 7.20. The fourth-order valence-electron chi connectivity index (χ4n) is 1.01. The van der Waals surface area contributed by atoms with Gasteiger partial charge in [-0.2, -0.15) is 20.3 Å². The normalized spacial score (nSPS) is 10.2. The molecule has 0 radical (unpaired) electrons. The second kappa shape index (κ2) is 2.81. The van der Waals surface area contributed by atoms with E-state index in [0.29, 0.717) is 11.8 Å². The Bertz CT molecular complexity index is 420. The van der Waals surface area contributed by atoms with E-state index in [2.05, 4.69) is 25.4 Å². The number of aromatic nitrogens is 5. The third kappa shape index (κ3) is 1.33. The van der Waals surface area contributed by atoms with Gasteiger partial charge in [-0.05, 0) is 12.5 Å². The highest BCUT2D eigenvalue weighted by atomic mass is 15.3. The predicted molar refractivity (Wildman–Crippen MR) is 46.6 cm³/mol. The Hall–Kier alpha value is -1.98. The summed E-state index contributed by atoms with van der Waals surface area (Å²) in [7, 11) is 0. The zero-order valence-electron chi connectivity index (χ0n) is 7.02. The first-order chi connectivity index (χ1) is 6.27. The standard InChI is InChI=1S/C7H8N6/c1-4-2-9-10-3-5(4)6-11-7(8)13-12-6/h2-3H,1H3,(H3,8,11,12,13). The van der Waals surface area contributed by atoms with Crippen molar-refractivity contribution in [1.29, 1.82) is 0 Å². The number of nitrogen functional groups attached to an aromatic ring is 1. The molecule has 0 saturated heterocycles. The Morgan fingerprint density at radius 2 is 2.08 bits per heavy atom. The van der Waals surface area contributed by atoms with E-state index in [1.165, 1.54) is 0 Å². The molecule has 0 aromatic carbocycles. The van der Waals surface area contributed by atoms with Crippen LogP contribution in [0.25, 0.3) is 11.4 Å². The number of nitrogens with zero attached hydrogens (tertiary/aromatic N) is 4. The monoisotopic (exact) mass is 176 g/mol. The van der Waals surface area contributed by atoms with Crippen LogP contribution in [0.5, 0.6) is 0 Å². The fourth-order valence-corrected chi connectivity index (χ4v) is 1.01. The number of rotatable bonds is 1. The minimum atomic E-state index is 0.297. The number of H-pyrrole nitrogens is 1. The van der Waals surface area contributed by atoms with Crippen molar-refractivity contribution < 1.29 is 0 Å². The average molecular weight is 176 g/mol. The number of aromatic amines is 1. The van der Waals surface area contributed by atoms with Crippen molar-refractivity contribution >= 4 is 5.95 Å². The number of anilines is 1. The Balaban J connectivity index is 2.52. The first-order valence-electron chi connectivity index (χ1n) is 3.73. The summed E-state index contributed by atoms with van der Waals surface area (Å²) >= 11 is 0. The van der Waals surface area contributed by atoms with Crippen molar-refractivity contribution in [3.63, 3.8) is 0 Å². The summed E-state index contributed by atoms with van der Waals surface area (Å²) in [5.74, 6) is 0.844. The van der Waals surface area contributed by atoms with Gasteiger partial charge >= 0.3 is 0 Å². The van der Waals surface area contributed by atoms with Crippen molar-refractivity contribution in [3.05, 3.63) is 18.0 Å². The van der Waals surface area contributed by atoms with Gasteiger partial charge in [-0.25, -0.2) is 5.10 Å². The lowest BCUT2D eigenvalue weighted by molar-refractivity contribution is 1.01. The molecule has 0 spiro atoms. The lowest BCUT2D eigenvalue weighted by Crippen LogP contribution is -1.90. The van der Waals surface area contributed by atoms with E-state index >= 15 is 0 Å². The van der Waals surface area contributed by atoms with Gasteiger partial charge in [0.15, 0.2) is 5.82 Å². The second-order valence-corrected chi connectivity index (χ2v) is 2.63. The first kappa shape index (κ1) is 7.66. The van der Waals surface area contributed by atoms with Gasteiger partial charge in [-0.3, -0.25) is 0 Å². The van der Waals surface area contributed by atoms with Crippen molar-refractivity contribution in [3.8, 4) is 11.4 Å². The van der Waals surface area contributed by atoms with Gasteiger partial charge in [0, 0.05) is 5.56 Å². The van der Waals surface area contributed by atoms with Crippen LogP contribution in [0.4, 0.5) is 5.95 Å². The summed E-state index contributed by atoms with van der Waals surface area (Å²) in [6, 6.07) is 0. The highest BCUT2D eigenvalue weighted by molar-refractivity contribution is 5.58. The molecule has 0 amide bonds. The third-order valence-corrected chi connectivity index (χ3v) is 1.67. The van der Waals surface area contributed by atoms with E-state index in [0.717, 1.165) is 11.1 Å². The summed E-state index contributed by atoms with van der Waals surface area (Å²) in [5, 5.41) is 14.0. The van der Waals surface area contributed by atoms with E-state index in [-0.39, 0.29) is 0 Å². The van der Waals surface area contributed by atoms with Crippen LogP contribution in [0.2, 0.25) is 0 Å².